The summed E-state index contributed by atoms with van der Waals surface area (Å²) in [5.41, 5.74) is 7.44. The third kappa shape index (κ3) is 4.84. The summed E-state index contributed by atoms with van der Waals surface area (Å²) in [5, 5.41) is 0. The first-order valence-electron chi connectivity index (χ1n) is 10.3. The van der Waals surface area contributed by atoms with E-state index < -0.39 is 0 Å². The molecule has 0 heteroatoms. The smallest absolute Gasteiger partial charge is 0.0146 e. The molecule has 2 aromatic rings. The van der Waals surface area contributed by atoms with Crippen molar-refractivity contribution in [2.45, 2.75) is 97.8 Å². The molecule has 2 aromatic carbocycles. The van der Waals surface area contributed by atoms with Gasteiger partial charge in [0, 0.05) is 5.41 Å². The SMILES string of the molecule is CC(C)(C)c1cccc(C(C)(C)c2cc(C(C)(C)C)cc(C(C)(C)C)c2)c1. The lowest BCUT2D eigenvalue weighted by Crippen LogP contribution is -2.24. The Morgan fingerprint density at radius 1 is 0.407 bits per heavy atom. The maximum Gasteiger partial charge on any atom is 0.0146 e. The third-order valence-corrected chi connectivity index (χ3v) is 5.84. The molecule has 0 unspecified atom stereocenters. The summed E-state index contributed by atoms with van der Waals surface area (Å²) in [6, 6.07) is 16.4. The largest absolute Gasteiger partial charge is 0.0617 e. The summed E-state index contributed by atoms with van der Waals surface area (Å²) < 4.78 is 0. The van der Waals surface area contributed by atoms with Gasteiger partial charge in [-0.2, -0.15) is 0 Å². The fraction of sp³-hybridized carbons (Fsp3) is 0.556. The van der Waals surface area contributed by atoms with Gasteiger partial charge in [0.15, 0.2) is 0 Å². The van der Waals surface area contributed by atoms with Gasteiger partial charge in [-0.15, -0.1) is 0 Å². The molecule has 0 N–H and O–H groups in total. The van der Waals surface area contributed by atoms with E-state index in [1.807, 2.05) is 0 Å². The lowest BCUT2D eigenvalue weighted by atomic mass is 9.71. The lowest BCUT2D eigenvalue weighted by molar-refractivity contribution is 0.556. The minimum atomic E-state index is -0.0392. The van der Waals surface area contributed by atoms with Crippen LogP contribution in [0.3, 0.4) is 0 Å². The number of rotatable bonds is 2. The maximum atomic E-state index is 2.43. The second-order valence-corrected chi connectivity index (χ2v) is 11.8. The second kappa shape index (κ2) is 6.80. The van der Waals surface area contributed by atoms with Crippen LogP contribution in [0.5, 0.6) is 0 Å². The molecule has 0 aliphatic heterocycles. The Kier molecular flexibility index (Phi) is 5.47. The zero-order chi connectivity index (χ0) is 20.8. The van der Waals surface area contributed by atoms with Gasteiger partial charge in [0.05, 0.1) is 0 Å². The molecular weight excluding hydrogens is 324 g/mol. The van der Waals surface area contributed by atoms with Gasteiger partial charge < -0.3 is 0 Å². The fourth-order valence-electron chi connectivity index (χ4n) is 3.40. The van der Waals surface area contributed by atoms with E-state index in [9.17, 15) is 0 Å². The highest BCUT2D eigenvalue weighted by molar-refractivity contribution is 5.46. The molecule has 0 aromatic heterocycles. The lowest BCUT2D eigenvalue weighted by Gasteiger charge is -2.33. The second-order valence-electron chi connectivity index (χ2n) is 11.8. The molecular formula is C27H40. The van der Waals surface area contributed by atoms with Crippen LogP contribution in [0.25, 0.3) is 0 Å². The highest BCUT2D eigenvalue weighted by Crippen LogP contribution is 2.38. The Bertz CT molecular complexity index is 767. The van der Waals surface area contributed by atoms with Gasteiger partial charge in [-0.1, -0.05) is 119 Å². The van der Waals surface area contributed by atoms with Crippen molar-refractivity contribution in [3.8, 4) is 0 Å². The average Bonchev–Trinajstić information content (AvgIpc) is 2.52. The van der Waals surface area contributed by atoms with Crippen molar-refractivity contribution >= 4 is 0 Å². The maximum absolute atomic E-state index is 2.43. The summed E-state index contributed by atoms with van der Waals surface area (Å²) >= 11 is 0. The van der Waals surface area contributed by atoms with Crippen molar-refractivity contribution in [1.82, 2.24) is 0 Å². The van der Waals surface area contributed by atoms with E-state index >= 15 is 0 Å². The Hall–Kier alpha value is -1.56. The fourth-order valence-corrected chi connectivity index (χ4v) is 3.40. The molecule has 0 amide bonds. The van der Waals surface area contributed by atoms with Crippen LogP contribution in [0, 0.1) is 0 Å². The van der Waals surface area contributed by atoms with Crippen LogP contribution in [0.1, 0.15) is 104 Å². The normalized spacial score (nSPS) is 13.7. The summed E-state index contributed by atoms with van der Waals surface area (Å²) in [4.78, 5) is 0. The molecule has 0 fully saturated rings. The zero-order valence-corrected chi connectivity index (χ0v) is 19.5. The highest BCUT2D eigenvalue weighted by Gasteiger charge is 2.29. The van der Waals surface area contributed by atoms with Crippen LogP contribution in [-0.4, -0.2) is 0 Å². The van der Waals surface area contributed by atoms with Crippen molar-refractivity contribution in [3.05, 3.63) is 70.3 Å². The van der Waals surface area contributed by atoms with E-state index in [1.165, 1.54) is 27.8 Å². The van der Waals surface area contributed by atoms with Gasteiger partial charge >= 0.3 is 0 Å². The van der Waals surface area contributed by atoms with Gasteiger partial charge in [-0.25, -0.2) is 0 Å². The Labute approximate surface area is 168 Å². The third-order valence-electron chi connectivity index (χ3n) is 5.84. The molecule has 0 saturated carbocycles. The quantitative estimate of drug-likeness (QED) is 0.508. The van der Waals surface area contributed by atoms with Gasteiger partial charge in [0.25, 0.3) is 0 Å². The summed E-state index contributed by atoms with van der Waals surface area (Å²) in [5.74, 6) is 0. The first-order chi connectivity index (χ1) is 12.0. The van der Waals surface area contributed by atoms with E-state index in [-0.39, 0.29) is 21.7 Å². The summed E-state index contributed by atoms with van der Waals surface area (Å²) in [6.07, 6.45) is 0. The Balaban J connectivity index is 2.68. The molecule has 2 rings (SSSR count). The minimum absolute atomic E-state index is 0.0392. The van der Waals surface area contributed by atoms with Crippen molar-refractivity contribution < 1.29 is 0 Å². The molecule has 0 atom stereocenters. The van der Waals surface area contributed by atoms with Crippen LogP contribution in [0.2, 0.25) is 0 Å². The molecule has 0 aliphatic rings. The molecule has 0 aliphatic carbocycles. The van der Waals surface area contributed by atoms with Gasteiger partial charge in [0.2, 0.25) is 0 Å². The van der Waals surface area contributed by atoms with E-state index in [0.29, 0.717) is 0 Å². The molecule has 0 radical (unpaired) electrons. The standard InChI is InChI=1S/C27H40/c1-24(2,3)19-13-12-14-20(15-19)27(10,11)23-17-21(25(4,5)6)16-22(18-23)26(7,8)9/h12-18H,1-11H3. The topological polar surface area (TPSA) is 0 Å². The van der Waals surface area contributed by atoms with Crippen LogP contribution in [-0.2, 0) is 21.7 Å². The van der Waals surface area contributed by atoms with Crippen LogP contribution in [0.15, 0.2) is 42.5 Å². The monoisotopic (exact) mass is 364 g/mol. The average molecular weight is 365 g/mol. The van der Waals surface area contributed by atoms with E-state index in [4.69, 9.17) is 0 Å². The predicted molar refractivity (Wildman–Crippen MR) is 121 cm³/mol. The van der Waals surface area contributed by atoms with Gasteiger partial charge in [0.1, 0.15) is 0 Å². The minimum Gasteiger partial charge on any atom is -0.0617 e. The van der Waals surface area contributed by atoms with Crippen LogP contribution in [0.4, 0.5) is 0 Å². The summed E-state index contributed by atoms with van der Waals surface area (Å²) in [6.45, 7) is 25.5. The Morgan fingerprint density at radius 2 is 0.741 bits per heavy atom. The number of benzene rings is 2. The molecule has 27 heavy (non-hydrogen) atoms. The van der Waals surface area contributed by atoms with Crippen LogP contribution < -0.4 is 0 Å². The predicted octanol–water partition coefficient (Wildman–Crippen LogP) is 7.91. The Morgan fingerprint density at radius 3 is 1.15 bits per heavy atom. The summed E-state index contributed by atoms with van der Waals surface area (Å²) in [7, 11) is 0. The van der Waals surface area contributed by atoms with Crippen molar-refractivity contribution in [2.75, 3.05) is 0 Å². The number of hydrogen-bond acceptors (Lipinski definition) is 0. The zero-order valence-electron chi connectivity index (χ0n) is 19.5. The van der Waals surface area contributed by atoms with E-state index in [1.54, 1.807) is 0 Å². The molecule has 0 saturated heterocycles. The molecule has 0 nitrogen and oxygen atoms in total. The van der Waals surface area contributed by atoms with Crippen LogP contribution >= 0.6 is 0 Å². The van der Waals surface area contributed by atoms with Crippen molar-refractivity contribution in [1.29, 1.82) is 0 Å². The first-order valence-corrected chi connectivity index (χ1v) is 10.3. The van der Waals surface area contributed by atoms with Gasteiger partial charge in [-0.3, -0.25) is 0 Å². The van der Waals surface area contributed by atoms with E-state index in [0.717, 1.165) is 0 Å². The molecule has 148 valence electrons. The van der Waals surface area contributed by atoms with Gasteiger partial charge in [-0.05, 0) is 44.1 Å². The number of hydrogen-bond donors (Lipinski definition) is 0. The van der Waals surface area contributed by atoms with E-state index in [2.05, 4.69) is 119 Å². The molecule has 0 bridgehead atoms. The molecule has 0 heterocycles. The molecule has 0 spiro atoms. The highest BCUT2D eigenvalue weighted by atomic mass is 14.3. The first kappa shape index (κ1) is 21.7. The van der Waals surface area contributed by atoms with Crippen molar-refractivity contribution in [2.24, 2.45) is 0 Å². The van der Waals surface area contributed by atoms with Crippen molar-refractivity contribution in [3.63, 3.8) is 0 Å².